The van der Waals surface area contributed by atoms with Gasteiger partial charge in [-0.05, 0) is 18.6 Å². The number of aryl methyl sites for hydroxylation is 1. The van der Waals surface area contributed by atoms with E-state index in [1.165, 1.54) is 0 Å². The summed E-state index contributed by atoms with van der Waals surface area (Å²) in [6.07, 6.45) is -3.23. The molecule has 0 radical (unpaired) electrons. The molecule has 0 aliphatic heterocycles. The molecule has 1 heterocycles. The van der Waals surface area contributed by atoms with Crippen molar-refractivity contribution in [3.8, 4) is 0 Å². The molecule has 0 aromatic carbocycles. The van der Waals surface area contributed by atoms with Gasteiger partial charge in [0.05, 0.1) is 6.04 Å². The summed E-state index contributed by atoms with van der Waals surface area (Å²) < 4.78 is 45.2. The van der Waals surface area contributed by atoms with E-state index in [9.17, 15) is 13.2 Å². The first-order valence-corrected chi connectivity index (χ1v) is 5.41. The molecule has 0 saturated carbocycles. The van der Waals surface area contributed by atoms with Crippen molar-refractivity contribution in [2.45, 2.75) is 32.0 Å². The largest absolute Gasteiger partial charge is 0.464 e. The first kappa shape index (κ1) is 14.1. The molecule has 0 aliphatic rings. The molecule has 17 heavy (non-hydrogen) atoms. The molecule has 1 aromatic heterocycles. The van der Waals surface area contributed by atoms with E-state index in [0.29, 0.717) is 12.2 Å². The quantitative estimate of drug-likeness (QED) is 0.791. The van der Waals surface area contributed by atoms with Gasteiger partial charge in [0.15, 0.2) is 0 Å². The molecule has 0 amide bonds. The summed E-state index contributed by atoms with van der Waals surface area (Å²) in [7, 11) is 0. The van der Waals surface area contributed by atoms with Gasteiger partial charge in [-0.1, -0.05) is 6.92 Å². The fraction of sp³-hybridized carbons (Fsp3) is 0.636. The smallest absolute Gasteiger partial charge is 0.411 e. The minimum atomic E-state index is -4.29. The van der Waals surface area contributed by atoms with Gasteiger partial charge in [0, 0.05) is 13.0 Å². The second-order valence-electron chi connectivity index (χ2n) is 3.72. The van der Waals surface area contributed by atoms with E-state index in [1.54, 1.807) is 6.07 Å². The Balaban J connectivity index is 2.27. The SMILES string of the molecule is CCc1ccc(C(N)CCOCC(F)(F)F)o1. The second kappa shape index (κ2) is 6.07. The Morgan fingerprint density at radius 1 is 1.41 bits per heavy atom. The molecule has 0 aliphatic carbocycles. The van der Waals surface area contributed by atoms with Crippen molar-refractivity contribution in [2.24, 2.45) is 5.73 Å². The van der Waals surface area contributed by atoms with Crippen LogP contribution in [0.4, 0.5) is 13.2 Å². The standard InChI is InChI=1S/C11H16F3NO2/c1-2-8-3-4-10(17-8)9(15)5-6-16-7-11(12,13)14/h3-4,9H,2,5-7,15H2,1H3. The van der Waals surface area contributed by atoms with Crippen LogP contribution in [-0.4, -0.2) is 19.4 Å². The highest BCUT2D eigenvalue weighted by molar-refractivity contribution is 5.10. The summed E-state index contributed by atoms with van der Waals surface area (Å²) >= 11 is 0. The average molecular weight is 251 g/mol. The molecular weight excluding hydrogens is 235 g/mol. The summed E-state index contributed by atoms with van der Waals surface area (Å²) in [5, 5.41) is 0. The zero-order valence-electron chi connectivity index (χ0n) is 9.59. The van der Waals surface area contributed by atoms with Crippen LogP contribution in [0.5, 0.6) is 0 Å². The van der Waals surface area contributed by atoms with Crippen LogP contribution in [0, 0.1) is 0 Å². The summed E-state index contributed by atoms with van der Waals surface area (Å²) in [6, 6.07) is 3.13. The maximum absolute atomic E-state index is 11.8. The molecule has 1 aromatic rings. The van der Waals surface area contributed by atoms with Crippen molar-refractivity contribution >= 4 is 0 Å². The van der Waals surface area contributed by atoms with Crippen molar-refractivity contribution in [3.63, 3.8) is 0 Å². The monoisotopic (exact) mass is 251 g/mol. The van der Waals surface area contributed by atoms with Gasteiger partial charge >= 0.3 is 6.18 Å². The van der Waals surface area contributed by atoms with Crippen LogP contribution in [0.3, 0.4) is 0 Å². The third-order valence-electron chi connectivity index (χ3n) is 2.24. The molecule has 6 heteroatoms. The fourth-order valence-corrected chi connectivity index (χ4v) is 1.32. The molecule has 3 nitrogen and oxygen atoms in total. The number of ether oxygens (including phenoxy) is 1. The Hall–Kier alpha value is -1.01. The minimum Gasteiger partial charge on any atom is -0.464 e. The van der Waals surface area contributed by atoms with Crippen LogP contribution in [0.1, 0.15) is 30.9 Å². The van der Waals surface area contributed by atoms with Crippen LogP contribution in [0.25, 0.3) is 0 Å². The van der Waals surface area contributed by atoms with Crippen LogP contribution in [0.15, 0.2) is 16.5 Å². The van der Waals surface area contributed by atoms with E-state index in [1.807, 2.05) is 13.0 Å². The Bertz CT molecular complexity index is 336. The predicted octanol–water partition coefficient (Wildman–Crippen LogP) is 2.81. The number of hydrogen-bond acceptors (Lipinski definition) is 3. The van der Waals surface area contributed by atoms with Crippen molar-refractivity contribution in [1.82, 2.24) is 0 Å². The van der Waals surface area contributed by atoms with Crippen molar-refractivity contribution in [3.05, 3.63) is 23.7 Å². The topological polar surface area (TPSA) is 48.4 Å². The molecule has 1 unspecified atom stereocenters. The van der Waals surface area contributed by atoms with Crippen molar-refractivity contribution in [2.75, 3.05) is 13.2 Å². The van der Waals surface area contributed by atoms with E-state index in [-0.39, 0.29) is 6.61 Å². The fourth-order valence-electron chi connectivity index (χ4n) is 1.32. The lowest BCUT2D eigenvalue weighted by molar-refractivity contribution is -0.174. The van der Waals surface area contributed by atoms with Crippen LogP contribution < -0.4 is 5.73 Å². The van der Waals surface area contributed by atoms with E-state index in [2.05, 4.69) is 4.74 Å². The number of nitrogens with two attached hydrogens (primary N) is 1. The Morgan fingerprint density at radius 3 is 2.65 bits per heavy atom. The molecule has 98 valence electrons. The Labute approximate surface area is 97.7 Å². The van der Waals surface area contributed by atoms with Gasteiger partial charge in [-0.3, -0.25) is 0 Å². The van der Waals surface area contributed by atoms with Gasteiger partial charge < -0.3 is 14.9 Å². The highest BCUT2D eigenvalue weighted by Crippen LogP contribution is 2.19. The van der Waals surface area contributed by atoms with Crippen molar-refractivity contribution in [1.29, 1.82) is 0 Å². The lowest BCUT2D eigenvalue weighted by atomic mass is 10.2. The molecule has 0 spiro atoms. The highest BCUT2D eigenvalue weighted by atomic mass is 19.4. The molecular formula is C11H16F3NO2. The zero-order valence-corrected chi connectivity index (χ0v) is 9.59. The maximum Gasteiger partial charge on any atom is 0.411 e. The maximum atomic E-state index is 11.8. The Morgan fingerprint density at radius 2 is 2.12 bits per heavy atom. The summed E-state index contributed by atoms with van der Waals surface area (Å²) in [5.74, 6) is 1.39. The lowest BCUT2D eigenvalue weighted by Crippen LogP contribution is -2.19. The van der Waals surface area contributed by atoms with E-state index in [4.69, 9.17) is 10.2 Å². The lowest BCUT2D eigenvalue weighted by Gasteiger charge is -2.10. The predicted molar refractivity (Wildman–Crippen MR) is 56.5 cm³/mol. The van der Waals surface area contributed by atoms with E-state index >= 15 is 0 Å². The molecule has 1 atom stereocenters. The summed E-state index contributed by atoms with van der Waals surface area (Å²) in [6.45, 7) is 0.668. The number of rotatable bonds is 6. The van der Waals surface area contributed by atoms with Gasteiger partial charge in [0.25, 0.3) is 0 Å². The molecule has 0 saturated heterocycles. The van der Waals surface area contributed by atoms with Gasteiger partial charge in [-0.25, -0.2) is 0 Å². The zero-order chi connectivity index (χ0) is 12.9. The van der Waals surface area contributed by atoms with Gasteiger partial charge in [-0.2, -0.15) is 13.2 Å². The van der Waals surface area contributed by atoms with Crippen molar-refractivity contribution < 1.29 is 22.3 Å². The first-order valence-electron chi connectivity index (χ1n) is 5.41. The molecule has 2 N–H and O–H groups in total. The van der Waals surface area contributed by atoms with E-state index in [0.717, 1.165) is 12.2 Å². The summed E-state index contributed by atoms with van der Waals surface area (Å²) in [5.41, 5.74) is 5.76. The third-order valence-corrected chi connectivity index (χ3v) is 2.24. The van der Waals surface area contributed by atoms with E-state index < -0.39 is 18.8 Å². The Kier molecular flexibility index (Phi) is 5.02. The molecule has 0 bridgehead atoms. The van der Waals surface area contributed by atoms with Gasteiger partial charge in [0.1, 0.15) is 18.1 Å². The molecule has 0 fully saturated rings. The first-order chi connectivity index (χ1) is 7.92. The van der Waals surface area contributed by atoms with Crippen LogP contribution in [-0.2, 0) is 11.2 Å². The van der Waals surface area contributed by atoms with Gasteiger partial charge in [-0.15, -0.1) is 0 Å². The van der Waals surface area contributed by atoms with Crippen LogP contribution >= 0.6 is 0 Å². The number of hydrogen-bond donors (Lipinski definition) is 1. The second-order valence-corrected chi connectivity index (χ2v) is 3.72. The highest BCUT2D eigenvalue weighted by Gasteiger charge is 2.27. The normalized spacial score (nSPS) is 13.9. The summed E-state index contributed by atoms with van der Waals surface area (Å²) in [4.78, 5) is 0. The van der Waals surface area contributed by atoms with Gasteiger partial charge in [0.2, 0.25) is 0 Å². The van der Waals surface area contributed by atoms with Crippen LogP contribution in [0.2, 0.25) is 0 Å². The number of halogens is 3. The third kappa shape index (κ3) is 5.23. The average Bonchev–Trinajstić information content (AvgIpc) is 2.71. The minimum absolute atomic E-state index is 0.0389. The number of furan rings is 1. The number of alkyl halides is 3. The molecule has 1 rings (SSSR count).